The predicted octanol–water partition coefficient (Wildman–Crippen LogP) is 9.00. The fourth-order valence-electron chi connectivity index (χ4n) is 5.90. The summed E-state index contributed by atoms with van der Waals surface area (Å²) >= 11 is 2.79. The van der Waals surface area contributed by atoms with Gasteiger partial charge in [0.15, 0.2) is 0 Å². The molecule has 1 aromatic heterocycles. The van der Waals surface area contributed by atoms with Crippen LogP contribution in [0, 0.1) is 0 Å². The molecular formula is C42H39N3O5S2. The molecule has 1 aliphatic rings. The number of benzene rings is 4. The number of hydrogen-bond donors (Lipinski definition) is 3. The lowest BCUT2D eigenvalue weighted by atomic mass is 9.95. The van der Waals surface area contributed by atoms with Crippen LogP contribution in [0.4, 0.5) is 10.7 Å². The van der Waals surface area contributed by atoms with Gasteiger partial charge in [-0.15, -0.1) is 23.1 Å². The lowest BCUT2D eigenvalue weighted by molar-refractivity contribution is -0.115. The SMILES string of the molecule is CCOC(=O)c1c(NC(=O)C(C)Sc2cccc(NC(=O)/C(=C\c3ccc(-c4ccccc4)cc3)NC(=O)c3ccccc3)c2)sc2c1CCCC2. The number of carbonyl (C=O) groups is 4. The van der Waals surface area contributed by atoms with Gasteiger partial charge in [0.05, 0.1) is 17.4 Å². The summed E-state index contributed by atoms with van der Waals surface area (Å²) in [6, 6.07) is 33.6. The van der Waals surface area contributed by atoms with Crippen molar-refractivity contribution in [2.75, 3.05) is 17.2 Å². The van der Waals surface area contributed by atoms with Crippen molar-refractivity contribution in [1.82, 2.24) is 5.32 Å². The Hall–Kier alpha value is -5.45. The van der Waals surface area contributed by atoms with Crippen LogP contribution in [0.2, 0.25) is 0 Å². The third-order valence-corrected chi connectivity index (χ3v) is 10.8. The molecule has 0 saturated carbocycles. The van der Waals surface area contributed by atoms with Crippen molar-refractivity contribution >= 4 is 63.6 Å². The summed E-state index contributed by atoms with van der Waals surface area (Å²) < 4.78 is 5.34. The maximum absolute atomic E-state index is 13.7. The third kappa shape index (κ3) is 9.06. The highest BCUT2D eigenvalue weighted by Gasteiger charge is 2.28. The van der Waals surface area contributed by atoms with Gasteiger partial charge in [0.2, 0.25) is 5.91 Å². The summed E-state index contributed by atoms with van der Waals surface area (Å²) in [5, 5.41) is 8.72. The zero-order chi connectivity index (χ0) is 36.5. The van der Waals surface area contributed by atoms with E-state index in [-0.39, 0.29) is 18.2 Å². The van der Waals surface area contributed by atoms with E-state index in [9.17, 15) is 19.2 Å². The summed E-state index contributed by atoms with van der Waals surface area (Å²) in [6.07, 6.45) is 5.38. The van der Waals surface area contributed by atoms with Crippen LogP contribution in [0.25, 0.3) is 17.2 Å². The summed E-state index contributed by atoms with van der Waals surface area (Å²) in [6.45, 7) is 3.83. The Morgan fingerprint density at radius 1 is 0.827 bits per heavy atom. The number of amides is 3. The number of anilines is 2. The molecule has 0 aliphatic heterocycles. The highest BCUT2D eigenvalue weighted by molar-refractivity contribution is 8.00. The number of thiophene rings is 1. The Labute approximate surface area is 311 Å². The minimum atomic E-state index is -0.514. The van der Waals surface area contributed by atoms with E-state index in [1.54, 1.807) is 62.4 Å². The maximum Gasteiger partial charge on any atom is 0.341 e. The van der Waals surface area contributed by atoms with Gasteiger partial charge in [-0.1, -0.05) is 78.9 Å². The fraction of sp³-hybridized carbons (Fsp3) is 0.190. The molecule has 6 rings (SSSR count). The molecule has 1 atom stereocenters. The molecule has 52 heavy (non-hydrogen) atoms. The topological polar surface area (TPSA) is 114 Å². The molecule has 0 spiro atoms. The van der Waals surface area contributed by atoms with Gasteiger partial charge in [-0.2, -0.15) is 0 Å². The van der Waals surface area contributed by atoms with Crippen LogP contribution in [-0.4, -0.2) is 35.5 Å². The predicted molar refractivity (Wildman–Crippen MR) is 210 cm³/mol. The molecule has 3 amide bonds. The van der Waals surface area contributed by atoms with Crippen LogP contribution >= 0.6 is 23.1 Å². The van der Waals surface area contributed by atoms with E-state index in [1.165, 1.54) is 23.1 Å². The minimum Gasteiger partial charge on any atom is -0.462 e. The van der Waals surface area contributed by atoms with E-state index in [0.717, 1.165) is 57.7 Å². The smallest absolute Gasteiger partial charge is 0.341 e. The van der Waals surface area contributed by atoms with Crippen molar-refractivity contribution in [1.29, 1.82) is 0 Å². The monoisotopic (exact) mass is 729 g/mol. The van der Waals surface area contributed by atoms with Gasteiger partial charge in [-0.25, -0.2) is 4.79 Å². The first-order chi connectivity index (χ1) is 25.3. The van der Waals surface area contributed by atoms with Crippen molar-refractivity contribution < 1.29 is 23.9 Å². The number of carbonyl (C=O) groups excluding carboxylic acids is 4. The number of rotatable bonds is 12. The Balaban J connectivity index is 1.17. The molecule has 0 radical (unpaired) electrons. The van der Waals surface area contributed by atoms with Gasteiger partial charge in [0, 0.05) is 21.0 Å². The van der Waals surface area contributed by atoms with Crippen LogP contribution in [-0.2, 0) is 27.2 Å². The quantitative estimate of drug-likeness (QED) is 0.0671. The highest BCUT2D eigenvalue weighted by Crippen LogP contribution is 2.39. The second-order valence-electron chi connectivity index (χ2n) is 12.2. The lowest BCUT2D eigenvalue weighted by Gasteiger charge is -2.15. The number of hydrogen-bond acceptors (Lipinski definition) is 7. The van der Waals surface area contributed by atoms with E-state index in [1.807, 2.05) is 66.7 Å². The molecule has 8 nitrogen and oxygen atoms in total. The number of thioether (sulfide) groups is 1. The van der Waals surface area contributed by atoms with E-state index in [2.05, 4.69) is 16.0 Å². The normalized spacial score (nSPS) is 13.0. The maximum atomic E-state index is 13.7. The molecule has 1 aliphatic carbocycles. The highest BCUT2D eigenvalue weighted by atomic mass is 32.2. The van der Waals surface area contributed by atoms with Gasteiger partial charge < -0.3 is 20.7 Å². The van der Waals surface area contributed by atoms with Crippen LogP contribution in [0.3, 0.4) is 0 Å². The van der Waals surface area contributed by atoms with Gasteiger partial charge in [0.25, 0.3) is 11.8 Å². The molecule has 0 fully saturated rings. The zero-order valence-electron chi connectivity index (χ0n) is 28.9. The Bertz CT molecular complexity index is 2090. The van der Waals surface area contributed by atoms with E-state index >= 15 is 0 Å². The minimum absolute atomic E-state index is 0.0724. The number of fused-ring (bicyclic) bond motifs is 1. The van der Waals surface area contributed by atoms with Crippen molar-refractivity contribution in [3.8, 4) is 11.1 Å². The first-order valence-corrected chi connectivity index (χ1v) is 18.9. The van der Waals surface area contributed by atoms with Crippen LogP contribution in [0.5, 0.6) is 0 Å². The first-order valence-electron chi connectivity index (χ1n) is 17.2. The molecule has 5 aromatic rings. The average Bonchev–Trinajstić information content (AvgIpc) is 3.53. The average molecular weight is 730 g/mol. The summed E-state index contributed by atoms with van der Waals surface area (Å²) in [7, 11) is 0. The molecule has 1 unspecified atom stereocenters. The van der Waals surface area contributed by atoms with Crippen molar-refractivity contribution in [2.45, 2.75) is 49.7 Å². The summed E-state index contributed by atoms with van der Waals surface area (Å²) in [5.74, 6) is -1.56. The third-order valence-electron chi connectivity index (χ3n) is 8.52. The van der Waals surface area contributed by atoms with E-state index in [4.69, 9.17) is 4.74 Å². The Kier molecular flexibility index (Phi) is 12.0. The second-order valence-corrected chi connectivity index (χ2v) is 14.8. The molecule has 0 saturated heterocycles. The molecule has 0 bridgehead atoms. The second kappa shape index (κ2) is 17.2. The molecule has 3 N–H and O–H groups in total. The Morgan fingerprint density at radius 3 is 2.25 bits per heavy atom. The van der Waals surface area contributed by atoms with Gasteiger partial charge in [0.1, 0.15) is 10.7 Å². The summed E-state index contributed by atoms with van der Waals surface area (Å²) in [5.41, 5.74) is 5.30. The van der Waals surface area contributed by atoms with Crippen LogP contribution in [0.15, 0.2) is 120 Å². The number of nitrogens with one attached hydrogen (secondary N) is 3. The number of aryl methyl sites for hydroxylation is 1. The number of ether oxygens (including phenoxy) is 1. The largest absolute Gasteiger partial charge is 0.462 e. The van der Waals surface area contributed by atoms with Gasteiger partial charge in [-0.3, -0.25) is 14.4 Å². The van der Waals surface area contributed by atoms with Gasteiger partial charge >= 0.3 is 5.97 Å². The lowest BCUT2D eigenvalue weighted by Crippen LogP contribution is -2.30. The molecule has 10 heteroatoms. The number of esters is 1. The van der Waals surface area contributed by atoms with Gasteiger partial charge in [-0.05, 0) is 98.2 Å². The van der Waals surface area contributed by atoms with Crippen LogP contribution < -0.4 is 16.0 Å². The van der Waals surface area contributed by atoms with Crippen LogP contribution in [0.1, 0.15) is 63.4 Å². The van der Waals surface area contributed by atoms with Crippen molar-refractivity contribution in [2.24, 2.45) is 0 Å². The zero-order valence-corrected chi connectivity index (χ0v) is 30.6. The molecule has 264 valence electrons. The Morgan fingerprint density at radius 2 is 1.52 bits per heavy atom. The molecular weight excluding hydrogens is 691 g/mol. The van der Waals surface area contributed by atoms with Crippen molar-refractivity contribution in [3.05, 3.63) is 142 Å². The van der Waals surface area contributed by atoms with E-state index in [0.29, 0.717) is 21.8 Å². The first kappa shape index (κ1) is 36.3. The molecule has 1 heterocycles. The van der Waals surface area contributed by atoms with Crippen molar-refractivity contribution in [3.63, 3.8) is 0 Å². The fourth-order valence-corrected chi connectivity index (χ4v) is 8.11. The molecule has 4 aromatic carbocycles. The standard InChI is InChI=1S/C42H39N3O5S2/c1-3-50-42(49)37-34-19-10-11-20-36(34)52-41(37)45-38(46)27(2)51-33-18-12-17-32(26-33)43-40(48)35(44-39(47)31-15-8-5-9-16-31)25-28-21-23-30(24-22-28)29-13-6-4-7-14-29/h4-9,12-18,21-27H,3,10-11,19-20H2,1-2H3,(H,43,48)(H,44,47)(H,45,46)/b35-25+. The van der Waals surface area contributed by atoms with E-state index < -0.39 is 23.0 Å². The summed E-state index contributed by atoms with van der Waals surface area (Å²) in [4.78, 5) is 55.1.